The van der Waals surface area contributed by atoms with Crippen molar-refractivity contribution in [3.05, 3.63) is 70.7 Å². The number of nitrogens with one attached hydrogen (secondary N) is 2. The number of carbonyl (C=O) groups excluding carboxylic acids is 1. The smallest absolute Gasteiger partial charge is 0.219 e. The molecule has 0 atom stereocenters. The lowest BCUT2D eigenvalue weighted by molar-refractivity contribution is -0.129. The van der Waals surface area contributed by atoms with Crippen molar-refractivity contribution in [3.63, 3.8) is 0 Å². The fourth-order valence-corrected chi connectivity index (χ4v) is 7.94. The average molecular weight is 740 g/mol. The van der Waals surface area contributed by atoms with Crippen molar-refractivity contribution < 1.29 is 39.9 Å². The number of anilines is 3. The molecule has 1 aliphatic heterocycles. The Morgan fingerprint density at radius 3 is 2.22 bits per heavy atom. The van der Waals surface area contributed by atoms with Gasteiger partial charge in [-0.2, -0.15) is 5.10 Å². The van der Waals surface area contributed by atoms with Crippen LogP contribution in [0.25, 0.3) is 0 Å². The van der Waals surface area contributed by atoms with Gasteiger partial charge in [0.05, 0.1) is 22.5 Å². The van der Waals surface area contributed by atoms with Crippen molar-refractivity contribution in [1.82, 2.24) is 25.1 Å². The summed E-state index contributed by atoms with van der Waals surface area (Å²) in [6.07, 6.45) is 1.29. The molecule has 50 heavy (non-hydrogen) atoms. The van der Waals surface area contributed by atoms with E-state index in [4.69, 9.17) is 4.74 Å². The SMILES string of the molecule is COc1c(Nc2cc(C)[nH]n2)nc(Sc2ccc(S(=O)(=O)C(C)(C)c3c(F)c(F)cc(F)c3F)cc2F)nc1N1CCC(N(C)C(C)=O)CC1. The molecule has 0 aliphatic carbocycles. The fourth-order valence-electron chi connectivity index (χ4n) is 5.64. The van der Waals surface area contributed by atoms with Crippen molar-refractivity contribution in [2.24, 2.45) is 0 Å². The van der Waals surface area contributed by atoms with Crippen LogP contribution in [0, 0.1) is 36.0 Å². The van der Waals surface area contributed by atoms with E-state index in [0.29, 0.717) is 43.6 Å². The number of halogens is 5. The number of aromatic amines is 1. The molecule has 0 bridgehead atoms. The zero-order valence-electron chi connectivity index (χ0n) is 27.9. The van der Waals surface area contributed by atoms with E-state index in [1.165, 1.54) is 14.0 Å². The number of sulfone groups is 1. The Labute approximate surface area is 289 Å². The Morgan fingerprint density at radius 2 is 1.68 bits per heavy atom. The van der Waals surface area contributed by atoms with E-state index in [1.807, 2.05) is 11.8 Å². The van der Waals surface area contributed by atoms with E-state index in [0.717, 1.165) is 43.4 Å². The average Bonchev–Trinajstić information content (AvgIpc) is 3.48. The largest absolute Gasteiger partial charge is 0.490 e. The third kappa shape index (κ3) is 6.95. The van der Waals surface area contributed by atoms with Crippen molar-refractivity contribution in [2.45, 2.75) is 66.3 Å². The van der Waals surface area contributed by atoms with Crippen molar-refractivity contribution in [1.29, 1.82) is 0 Å². The van der Waals surface area contributed by atoms with Gasteiger partial charge in [0.25, 0.3) is 0 Å². The van der Waals surface area contributed by atoms with Gasteiger partial charge in [-0.3, -0.25) is 9.89 Å². The molecule has 1 saturated heterocycles. The molecule has 1 aliphatic rings. The number of hydrogen-bond donors (Lipinski definition) is 2. The van der Waals surface area contributed by atoms with Gasteiger partial charge in [-0.25, -0.2) is 40.3 Å². The molecular weight excluding hydrogens is 706 g/mol. The number of H-pyrrole nitrogens is 1. The topological polar surface area (TPSA) is 133 Å². The Morgan fingerprint density at radius 1 is 1.04 bits per heavy atom. The van der Waals surface area contributed by atoms with Crippen LogP contribution < -0.4 is 15.0 Å². The van der Waals surface area contributed by atoms with Gasteiger partial charge in [0.2, 0.25) is 11.7 Å². The molecule has 2 N–H and O–H groups in total. The molecule has 2 aromatic carbocycles. The number of piperidine rings is 1. The highest BCUT2D eigenvalue weighted by atomic mass is 32.2. The number of ether oxygens (including phenoxy) is 1. The molecule has 11 nitrogen and oxygen atoms in total. The fraction of sp³-hybridized carbons (Fsp3) is 0.375. The number of amides is 1. The number of hydrogen-bond acceptors (Lipinski definition) is 10. The Kier molecular flexibility index (Phi) is 10.3. The highest BCUT2D eigenvalue weighted by Crippen LogP contribution is 2.42. The number of aromatic nitrogens is 4. The maximum atomic E-state index is 15.7. The second kappa shape index (κ2) is 14.0. The van der Waals surface area contributed by atoms with Crippen LogP contribution in [-0.2, 0) is 19.4 Å². The molecule has 5 rings (SSSR count). The molecule has 2 aromatic heterocycles. The second-order valence-corrected chi connectivity index (χ2v) is 15.7. The van der Waals surface area contributed by atoms with Crippen molar-refractivity contribution in [2.75, 3.05) is 37.5 Å². The first-order valence-corrected chi connectivity index (χ1v) is 17.5. The van der Waals surface area contributed by atoms with E-state index >= 15 is 4.39 Å². The van der Waals surface area contributed by atoms with E-state index in [2.05, 4.69) is 25.5 Å². The van der Waals surface area contributed by atoms with Crippen LogP contribution >= 0.6 is 11.8 Å². The van der Waals surface area contributed by atoms with Gasteiger partial charge in [0, 0.05) is 50.9 Å². The Balaban J connectivity index is 1.50. The second-order valence-electron chi connectivity index (χ2n) is 12.2. The van der Waals surface area contributed by atoms with Crippen LogP contribution in [0.3, 0.4) is 0 Å². The lowest BCUT2D eigenvalue weighted by Gasteiger charge is -2.37. The van der Waals surface area contributed by atoms with Gasteiger partial charge in [-0.1, -0.05) is 0 Å². The third-order valence-corrected chi connectivity index (χ3v) is 11.9. The van der Waals surface area contributed by atoms with Crippen LogP contribution in [0.4, 0.5) is 39.4 Å². The standard InChI is InChI=1S/C32H34F5N7O4S2/c1-16-13-24(42-41-16)38-29-28(48-6)30(44-11-9-18(10-12-44)43(5)17(2)45)40-31(39-29)49-23-8-7-19(14-20(23)33)50(46,47)32(3,4)25-26(36)21(34)15-22(35)27(25)37/h7-8,13-15,18H,9-12H2,1-6H3,(H2,38,39,40,41,42). The third-order valence-electron chi connectivity index (χ3n) is 8.59. The summed E-state index contributed by atoms with van der Waals surface area (Å²) in [5.41, 5.74) is -0.586. The van der Waals surface area contributed by atoms with Gasteiger partial charge in [-0.05, 0) is 63.6 Å². The molecular formula is C32H34F5N7O4S2. The monoisotopic (exact) mass is 739 g/mol. The van der Waals surface area contributed by atoms with Crippen molar-refractivity contribution in [3.8, 4) is 5.75 Å². The first-order valence-electron chi connectivity index (χ1n) is 15.2. The minimum Gasteiger partial charge on any atom is -0.490 e. The Hall–Kier alpha value is -4.45. The molecule has 0 radical (unpaired) electrons. The molecule has 1 fully saturated rings. The van der Waals surface area contributed by atoms with Crippen LogP contribution in [0.2, 0.25) is 0 Å². The predicted octanol–water partition coefficient (Wildman–Crippen LogP) is 6.26. The van der Waals surface area contributed by atoms with Crippen molar-refractivity contribution >= 4 is 45.0 Å². The van der Waals surface area contributed by atoms with Crippen LogP contribution in [-0.4, -0.2) is 72.7 Å². The van der Waals surface area contributed by atoms with Gasteiger partial charge in [-0.15, -0.1) is 0 Å². The molecule has 3 heterocycles. The highest BCUT2D eigenvalue weighted by Gasteiger charge is 2.44. The first-order chi connectivity index (χ1) is 23.5. The predicted molar refractivity (Wildman–Crippen MR) is 176 cm³/mol. The summed E-state index contributed by atoms with van der Waals surface area (Å²) in [5.74, 6) is -7.09. The van der Waals surface area contributed by atoms with Crippen LogP contribution in [0.15, 0.2) is 45.3 Å². The molecule has 4 aromatic rings. The van der Waals surface area contributed by atoms with E-state index < -0.39 is 54.1 Å². The minimum atomic E-state index is -4.83. The zero-order valence-corrected chi connectivity index (χ0v) is 29.5. The number of benzene rings is 2. The number of nitrogens with zero attached hydrogens (tertiary/aromatic N) is 5. The number of carbonyl (C=O) groups is 1. The molecule has 18 heteroatoms. The van der Waals surface area contributed by atoms with Crippen LogP contribution in [0.1, 0.15) is 44.9 Å². The summed E-state index contributed by atoms with van der Waals surface area (Å²) in [5, 5.41) is 10.1. The lowest BCUT2D eigenvalue weighted by atomic mass is 10.0. The molecule has 0 spiro atoms. The normalized spacial score (nSPS) is 14.2. The van der Waals surface area contributed by atoms with Gasteiger partial charge in [0.1, 0.15) is 10.6 Å². The maximum Gasteiger partial charge on any atom is 0.219 e. The summed E-state index contributed by atoms with van der Waals surface area (Å²) in [6.45, 7) is 6.06. The maximum absolute atomic E-state index is 15.7. The zero-order chi connectivity index (χ0) is 36.7. The molecule has 1 amide bonds. The molecule has 0 unspecified atom stereocenters. The van der Waals surface area contributed by atoms with Gasteiger partial charge in [0.15, 0.2) is 55.7 Å². The van der Waals surface area contributed by atoms with Gasteiger partial charge < -0.3 is 19.9 Å². The minimum absolute atomic E-state index is 0.0249. The summed E-state index contributed by atoms with van der Waals surface area (Å²) < 4.78 is 103. The number of rotatable bonds is 10. The highest BCUT2D eigenvalue weighted by molar-refractivity contribution is 7.99. The molecule has 268 valence electrons. The lowest BCUT2D eigenvalue weighted by Crippen LogP contribution is -2.45. The molecule has 0 saturated carbocycles. The first kappa shape index (κ1) is 36.8. The van der Waals surface area contributed by atoms with E-state index in [1.54, 1.807) is 18.0 Å². The summed E-state index contributed by atoms with van der Waals surface area (Å²) >= 11 is 0.768. The van der Waals surface area contributed by atoms with Gasteiger partial charge >= 0.3 is 0 Å². The van der Waals surface area contributed by atoms with Crippen LogP contribution in [0.5, 0.6) is 5.75 Å². The Bertz CT molecular complexity index is 2030. The van der Waals surface area contributed by atoms with E-state index in [-0.39, 0.29) is 39.6 Å². The summed E-state index contributed by atoms with van der Waals surface area (Å²) in [7, 11) is -1.63. The van der Waals surface area contributed by atoms with E-state index in [9.17, 15) is 30.8 Å². The quantitative estimate of drug-likeness (QED) is 0.109. The number of methoxy groups -OCH3 is 1. The summed E-state index contributed by atoms with van der Waals surface area (Å²) in [4.78, 5) is 24.0. The summed E-state index contributed by atoms with van der Waals surface area (Å²) in [6, 6.07) is 4.52. The number of aryl methyl sites for hydroxylation is 1.